The van der Waals surface area contributed by atoms with Gasteiger partial charge in [-0.15, -0.1) is 0 Å². The average Bonchev–Trinajstić information content (AvgIpc) is 2.70. The minimum Gasteiger partial charge on any atom is -0.284 e. The van der Waals surface area contributed by atoms with Gasteiger partial charge in [0.1, 0.15) is 19.0 Å². The predicted octanol–water partition coefficient (Wildman–Crippen LogP) is 1.16. The van der Waals surface area contributed by atoms with Crippen LogP contribution < -0.4 is 31.3 Å². The van der Waals surface area contributed by atoms with Crippen LogP contribution in [0.3, 0.4) is 0 Å². The van der Waals surface area contributed by atoms with Crippen LogP contribution in [-0.4, -0.2) is 19.0 Å². The first kappa shape index (κ1) is 13.9. The molecule has 0 spiro atoms. The van der Waals surface area contributed by atoms with E-state index in [4.69, 9.17) is 0 Å². The average molecular weight is 321 g/mol. The van der Waals surface area contributed by atoms with Gasteiger partial charge in [0, 0.05) is 37.2 Å². The molecule has 0 bridgehead atoms. The number of hydrazine groups is 3. The molecule has 0 atom stereocenters. The lowest BCUT2D eigenvalue weighted by Gasteiger charge is -2.29. The van der Waals surface area contributed by atoms with Gasteiger partial charge in [0.25, 0.3) is 0 Å². The van der Waals surface area contributed by atoms with Gasteiger partial charge in [0.2, 0.25) is 0 Å². The zero-order chi connectivity index (χ0) is 16.2. The zero-order valence-corrected chi connectivity index (χ0v) is 12.6. The van der Waals surface area contributed by atoms with E-state index in [-0.39, 0.29) is 0 Å². The van der Waals surface area contributed by atoms with Crippen molar-refractivity contribution in [2.24, 2.45) is 15.0 Å². The summed E-state index contributed by atoms with van der Waals surface area (Å²) in [6.45, 7) is 0. The third-order valence-electron chi connectivity index (χ3n) is 3.44. The van der Waals surface area contributed by atoms with Crippen LogP contribution in [0.4, 0.5) is 17.1 Å². The van der Waals surface area contributed by atoms with Crippen molar-refractivity contribution < 1.29 is 0 Å². The number of benzene rings is 1. The van der Waals surface area contributed by atoms with Gasteiger partial charge in [-0.3, -0.25) is 31.3 Å². The van der Waals surface area contributed by atoms with Crippen molar-refractivity contribution >= 4 is 36.1 Å². The van der Waals surface area contributed by atoms with E-state index in [1.54, 1.807) is 37.6 Å². The summed E-state index contributed by atoms with van der Waals surface area (Å²) in [6.07, 6.45) is 15.6. The Bertz CT molecular complexity index is 673. The summed E-state index contributed by atoms with van der Waals surface area (Å²) in [7, 11) is 0. The zero-order valence-electron chi connectivity index (χ0n) is 12.6. The van der Waals surface area contributed by atoms with Gasteiger partial charge in [0.05, 0.1) is 17.1 Å². The number of rotatable bonds is 3. The molecular formula is C15H15N9. The van der Waals surface area contributed by atoms with Crippen molar-refractivity contribution in [2.75, 3.05) is 15.0 Å². The fourth-order valence-electron chi connectivity index (χ4n) is 2.34. The van der Waals surface area contributed by atoms with E-state index >= 15 is 0 Å². The van der Waals surface area contributed by atoms with Crippen LogP contribution in [0.25, 0.3) is 0 Å². The fraction of sp³-hybridized carbons (Fsp3) is 0. The number of nitrogens with zero attached hydrogens (tertiary/aromatic N) is 6. The lowest BCUT2D eigenvalue weighted by Crippen LogP contribution is -2.37. The highest BCUT2D eigenvalue weighted by molar-refractivity contribution is 5.76. The third kappa shape index (κ3) is 2.77. The summed E-state index contributed by atoms with van der Waals surface area (Å²) in [4.78, 5) is 12.0. The Labute approximate surface area is 138 Å². The summed E-state index contributed by atoms with van der Waals surface area (Å²) >= 11 is 0. The molecule has 0 saturated heterocycles. The summed E-state index contributed by atoms with van der Waals surface area (Å²) in [5.74, 6) is 0. The first-order chi connectivity index (χ1) is 11.9. The molecule has 4 rings (SSSR count). The van der Waals surface area contributed by atoms with E-state index in [0.717, 1.165) is 17.1 Å². The highest BCUT2D eigenvalue weighted by Gasteiger charge is 2.14. The molecule has 0 amide bonds. The molecule has 24 heavy (non-hydrogen) atoms. The van der Waals surface area contributed by atoms with E-state index in [9.17, 15) is 0 Å². The quantitative estimate of drug-likeness (QED) is 0.775. The fourth-order valence-corrected chi connectivity index (χ4v) is 2.34. The second kappa shape index (κ2) is 6.16. The van der Waals surface area contributed by atoms with Crippen molar-refractivity contribution in [3.8, 4) is 0 Å². The number of nitrogens with one attached hydrogen (secondary N) is 3. The predicted molar refractivity (Wildman–Crippen MR) is 96.2 cm³/mol. The molecule has 0 aromatic heterocycles. The Morgan fingerprint density at radius 1 is 0.542 bits per heavy atom. The van der Waals surface area contributed by atoms with Crippen molar-refractivity contribution in [2.45, 2.75) is 0 Å². The molecule has 1 aromatic rings. The SMILES string of the molecule is C1=CN(c2cc(N3C=CN=CN3)cc(N3C=CN=CN3)c2)NC=N1. The molecule has 120 valence electrons. The maximum Gasteiger partial charge on any atom is 0.107 e. The highest BCUT2D eigenvalue weighted by Crippen LogP contribution is 2.30. The smallest absolute Gasteiger partial charge is 0.107 e. The van der Waals surface area contributed by atoms with E-state index in [1.807, 2.05) is 51.8 Å². The molecule has 0 radical (unpaired) electrons. The second-order valence-corrected chi connectivity index (χ2v) is 4.93. The van der Waals surface area contributed by atoms with Crippen LogP contribution in [0.2, 0.25) is 0 Å². The summed E-state index contributed by atoms with van der Waals surface area (Å²) in [6, 6.07) is 6.12. The van der Waals surface area contributed by atoms with Crippen molar-refractivity contribution in [1.82, 2.24) is 16.3 Å². The van der Waals surface area contributed by atoms with Crippen LogP contribution in [0, 0.1) is 0 Å². The molecule has 9 heteroatoms. The van der Waals surface area contributed by atoms with Gasteiger partial charge in [-0.1, -0.05) is 0 Å². The van der Waals surface area contributed by atoms with Crippen molar-refractivity contribution in [3.05, 3.63) is 55.4 Å². The van der Waals surface area contributed by atoms with Gasteiger partial charge < -0.3 is 0 Å². The Kier molecular flexibility index (Phi) is 3.57. The van der Waals surface area contributed by atoms with Crippen LogP contribution in [0.15, 0.2) is 70.4 Å². The molecule has 3 N–H and O–H groups in total. The standard InChI is InChI=1S/C15H15N9/c1-4-22(19-10-16-1)13-7-14(23-5-2-17-11-20-23)9-15(8-13)24-6-3-18-12-21-24/h1-12H,(H,16,19)(H,17,20)(H,18,21). The molecule has 3 heterocycles. The van der Waals surface area contributed by atoms with Gasteiger partial charge >= 0.3 is 0 Å². The Morgan fingerprint density at radius 3 is 1.12 bits per heavy atom. The van der Waals surface area contributed by atoms with E-state index in [1.165, 1.54) is 0 Å². The molecule has 0 saturated carbocycles. The van der Waals surface area contributed by atoms with Crippen molar-refractivity contribution in [3.63, 3.8) is 0 Å². The van der Waals surface area contributed by atoms with Gasteiger partial charge in [-0.05, 0) is 18.2 Å². The lowest BCUT2D eigenvalue weighted by molar-refractivity contribution is 0.891. The molecule has 0 unspecified atom stereocenters. The maximum atomic E-state index is 4.02. The number of hydrogen-bond donors (Lipinski definition) is 3. The minimum atomic E-state index is 0.945. The van der Waals surface area contributed by atoms with Gasteiger partial charge in [0.15, 0.2) is 0 Å². The summed E-state index contributed by atoms with van der Waals surface area (Å²) < 4.78 is 0. The number of anilines is 3. The van der Waals surface area contributed by atoms with Crippen LogP contribution >= 0.6 is 0 Å². The highest BCUT2D eigenvalue weighted by atomic mass is 15.5. The number of aliphatic imine (C=N–C) groups is 3. The molecule has 3 aliphatic rings. The molecule has 0 fully saturated rings. The Morgan fingerprint density at radius 2 is 0.875 bits per heavy atom. The van der Waals surface area contributed by atoms with E-state index in [2.05, 4.69) is 31.3 Å². The topological polar surface area (TPSA) is 82.9 Å². The molecule has 3 aliphatic heterocycles. The molecule has 1 aromatic carbocycles. The van der Waals surface area contributed by atoms with Crippen LogP contribution in [0.1, 0.15) is 0 Å². The molecule has 9 nitrogen and oxygen atoms in total. The first-order valence-corrected chi connectivity index (χ1v) is 7.26. The van der Waals surface area contributed by atoms with Gasteiger partial charge in [-0.25, -0.2) is 15.0 Å². The van der Waals surface area contributed by atoms with E-state index < -0.39 is 0 Å². The third-order valence-corrected chi connectivity index (χ3v) is 3.44. The maximum absolute atomic E-state index is 4.02. The number of hydrogen-bond acceptors (Lipinski definition) is 9. The van der Waals surface area contributed by atoms with Crippen LogP contribution in [-0.2, 0) is 0 Å². The monoisotopic (exact) mass is 321 g/mol. The second-order valence-electron chi connectivity index (χ2n) is 4.93. The largest absolute Gasteiger partial charge is 0.284 e. The first-order valence-electron chi connectivity index (χ1n) is 7.26. The summed E-state index contributed by atoms with van der Waals surface area (Å²) in [5, 5.41) is 5.64. The Balaban J connectivity index is 1.72. The lowest BCUT2D eigenvalue weighted by atomic mass is 10.2. The normalized spacial score (nSPS) is 17.8. The van der Waals surface area contributed by atoms with Crippen molar-refractivity contribution in [1.29, 1.82) is 0 Å². The van der Waals surface area contributed by atoms with E-state index in [0.29, 0.717) is 0 Å². The Hall–Kier alpha value is -3.75. The molecular weight excluding hydrogens is 306 g/mol. The molecule has 0 aliphatic carbocycles. The minimum absolute atomic E-state index is 0.945. The van der Waals surface area contributed by atoms with Crippen LogP contribution in [0.5, 0.6) is 0 Å². The van der Waals surface area contributed by atoms with Gasteiger partial charge in [-0.2, -0.15) is 0 Å². The summed E-state index contributed by atoms with van der Waals surface area (Å²) in [5.41, 5.74) is 12.1.